The molecule has 164 valence electrons. The Morgan fingerprint density at radius 1 is 0.788 bits per heavy atom. The Bertz CT molecular complexity index is 1360. The van der Waals surface area contributed by atoms with Crippen molar-refractivity contribution in [2.24, 2.45) is 0 Å². The molecule has 0 N–H and O–H groups in total. The standard InChI is InChI=1S/C30H28N2O/c1-4-22-19-25(28-16-15-27(33-28)23-11-7-5-8-12-23)20-26(21(2)3)29(22)32-18-17-31-30(32)24-13-9-6-10-14-24/h5-21H,4H2,1-3H3. The summed E-state index contributed by atoms with van der Waals surface area (Å²) in [6.45, 7) is 6.71. The van der Waals surface area contributed by atoms with Crippen molar-refractivity contribution in [1.82, 2.24) is 9.55 Å². The van der Waals surface area contributed by atoms with Crippen LogP contribution in [0.5, 0.6) is 0 Å². The van der Waals surface area contributed by atoms with Crippen LogP contribution in [0.15, 0.2) is 102 Å². The summed E-state index contributed by atoms with van der Waals surface area (Å²) in [6.07, 6.45) is 4.88. The van der Waals surface area contributed by atoms with E-state index >= 15 is 0 Å². The van der Waals surface area contributed by atoms with Gasteiger partial charge in [-0.3, -0.25) is 4.57 Å². The molecule has 0 saturated heterocycles. The zero-order valence-electron chi connectivity index (χ0n) is 19.3. The summed E-state index contributed by atoms with van der Waals surface area (Å²) >= 11 is 0. The molecule has 2 heterocycles. The van der Waals surface area contributed by atoms with Crippen molar-refractivity contribution in [3.63, 3.8) is 0 Å². The largest absolute Gasteiger partial charge is 0.456 e. The van der Waals surface area contributed by atoms with Gasteiger partial charge in [0.1, 0.15) is 17.3 Å². The smallest absolute Gasteiger partial charge is 0.144 e. The third-order valence-electron chi connectivity index (χ3n) is 6.08. The number of aryl methyl sites for hydroxylation is 1. The third-order valence-corrected chi connectivity index (χ3v) is 6.08. The van der Waals surface area contributed by atoms with Crippen molar-refractivity contribution >= 4 is 0 Å². The van der Waals surface area contributed by atoms with Gasteiger partial charge in [-0.05, 0) is 47.7 Å². The minimum absolute atomic E-state index is 0.347. The molecule has 2 aromatic heterocycles. The SMILES string of the molecule is CCc1cc(-c2ccc(-c3ccccc3)o2)cc(C(C)C)c1-n1ccnc1-c1ccccc1. The van der Waals surface area contributed by atoms with E-state index in [0.717, 1.165) is 40.5 Å². The van der Waals surface area contributed by atoms with E-state index in [-0.39, 0.29) is 0 Å². The lowest BCUT2D eigenvalue weighted by Crippen LogP contribution is -2.07. The predicted octanol–water partition coefficient (Wildman–Crippen LogP) is 8.15. The van der Waals surface area contributed by atoms with Crippen molar-refractivity contribution < 1.29 is 4.42 Å². The van der Waals surface area contributed by atoms with Gasteiger partial charge in [0, 0.05) is 29.1 Å². The van der Waals surface area contributed by atoms with Gasteiger partial charge < -0.3 is 4.42 Å². The monoisotopic (exact) mass is 432 g/mol. The normalized spacial score (nSPS) is 11.3. The molecule has 0 saturated carbocycles. The van der Waals surface area contributed by atoms with Gasteiger partial charge in [0.25, 0.3) is 0 Å². The van der Waals surface area contributed by atoms with Crippen LogP contribution in [0.2, 0.25) is 0 Å². The molecule has 0 unspecified atom stereocenters. The Hall–Kier alpha value is -3.85. The lowest BCUT2D eigenvalue weighted by molar-refractivity contribution is 0.597. The molecule has 0 aliphatic rings. The molecule has 3 heteroatoms. The molecule has 33 heavy (non-hydrogen) atoms. The summed E-state index contributed by atoms with van der Waals surface area (Å²) in [5.74, 6) is 3.09. The quantitative estimate of drug-likeness (QED) is 0.271. The van der Waals surface area contributed by atoms with Gasteiger partial charge in [0.2, 0.25) is 0 Å². The van der Waals surface area contributed by atoms with Crippen LogP contribution in [0.1, 0.15) is 37.8 Å². The average Bonchev–Trinajstić information content (AvgIpc) is 3.54. The number of imidazole rings is 1. The van der Waals surface area contributed by atoms with Crippen molar-refractivity contribution in [2.75, 3.05) is 0 Å². The molecular formula is C30H28N2O. The van der Waals surface area contributed by atoms with Crippen LogP contribution in [0.4, 0.5) is 0 Å². The summed E-state index contributed by atoms with van der Waals surface area (Å²) in [5, 5.41) is 0. The lowest BCUT2D eigenvalue weighted by Gasteiger charge is -2.21. The second-order valence-corrected chi connectivity index (χ2v) is 8.60. The number of aromatic nitrogens is 2. The van der Waals surface area contributed by atoms with Gasteiger partial charge in [0.05, 0.1) is 5.69 Å². The zero-order valence-corrected chi connectivity index (χ0v) is 19.3. The third kappa shape index (κ3) is 4.03. The number of hydrogen-bond acceptors (Lipinski definition) is 2. The molecule has 0 fully saturated rings. The predicted molar refractivity (Wildman–Crippen MR) is 136 cm³/mol. The molecule has 5 aromatic rings. The Morgan fingerprint density at radius 2 is 1.42 bits per heavy atom. The summed E-state index contributed by atoms with van der Waals surface area (Å²) in [7, 11) is 0. The van der Waals surface area contributed by atoms with Crippen LogP contribution in [0.3, 0.4) is 0 Å². The number of furan rings is 1. The van der Waals surface area contributed by atoms with E-state index in [2.05, 4.69) is 92.2 Å². The second-order valence-electron chi connectivity index (χ2n) is 8.60. The Balaban J connectivity index is 1.64. The minimum atomic E-state index is 0.347. The van der Waals surface area contributed by atoms with E-state index < -0.39 is 0 Å². The molecule has 3 aromatic carbocycles. The van der Waals surface area contributed by atoms with Crippen molar-refractivity contribution in [2.45, 2.75) is 33.1 Å². The summed E-state index contributed by atoms with van der Waals surface area (Å²) < 4.78 is 8.54. The fraction of sp³-hybridized carbons (Fsp3) is 0.167. The van der Waals surface area contributed by atoms with Crippen LogP contribution >= 0.6 is 0 Å². The number of hydrogen-bond donors (Lipinski definition) is 0. The first-order valence-electron chi connectivity index (χ1n) is 11.6. The first-order chi connectivity index (χ1) is 16.2. The molecule has 0 radical (unpaired) electrons. The van der Waals surface area contributed by atoms with Gasteiger partial charge >= 0.3 is 0 Å². The van der Waals surface area contributed by atoms with E-state index in [4.69, 9.17) is 9.40 Å². The maximum atomic E-state index is 6.29. The van der Waals surface area contributed by atoms with Crippen molar-refractivity contribution in [3.05, 3.63) is 108 Å². The zero-order chi connectivity index (χ0) is 22.8. The second kappa shape index (κ2) is 8.95. The van der Waals surface area contributed by atoms with Gasteiger partial charge in [-0.25, -0.2) is 4.98 Å². The molecule has 0 amide bonds. The highest BCUT2D eigenvalue weighted by Gasteiger charge is 2.19. The van der Waals surface area contributed by atoms with Gasteiger partial charge in [-0.1, -0.05) is 81.4 Å². The first kappa shape index (κ1) is 21.0. The van der Waals surface area contributed by atoms with Gasteiger partial charge in [-0.15, -0.1) is 0 Å². The number of nitrogens with zero attached hydrogens (tertiary/aromatic N) is 2. The minimum Gasteiger partial charge on any atom is -0.456 e. The topological polar surface area (TPSA) is 31.0 Å². The molecule has 5 rings (SSSR count). The van der Waals surface area contributed by atoms with Crippen LogP contribution in [-0.2, 0) is 6.42 Å². The highest BCUT2D eigenvalue weighted by molar-refractivity contribution is 5.70. The molecular weight excluding hydrogens is 404 g/mol. The Morgan fingerprint density at radius 3 is 2.06 bits per heavy atom. The highest BCUT2D eigenvalue weighted by Crippen LogP contribution is 2.36. The van der Waals surface area contributed by atoms with Gasteiger partial charge in [-0.2, -0.15) is 0 Å². The van der Waals surface area contributed by atoms with E-state index in [9.17, 15) is 0 Å². The van der Waals surface area contributed by atoms with E-state index in [1.54, 1.807) is 0 Å². The molecule has 0 bridgehead atoms. The summed E-state index contributed by atoms with van der Waals surface area (Å²) in [6, 6.07) is 29.3. The van der Waals surface area contributed by atoms with Crippen molar-refractivity contribution in [1.29, 1.82) is 0 Å². The van der Waals surface area contributed by atoms with Crippen molar-refractivity contribution in [3.8, 4) is 39.7 Å². The van der Waals surface area contributed by atoms with E-state index in [1.807, 2.05) is 30.5 Å². The highest BCUT2D eigenvalue weighted by atomic mass is 16.3. The van der Waals surface area contributed by atoms with E-state index in [0.29, 0.717) is 5.92 Å². The molecule has 0 spiro atoms. The fourth-order valence-electron chi connectivity index (χ4n) is 4.40. The summed E-state index contributed by atoms with van der Waals surface area (Å²) in [4.78, 5) is 4.70. The Labute approximate surface area is 195 Å². The molecule has 0 atom stereocenters. The Kier molecular flexibility index (Phi) is 5.70. The average molecular weight is 433 g/mol. The molecule has 3 nitrogen and oxygen atoms in total. The molecule has 0 aliphatic carbocycles. The van der Waals surface area contributed by atoms with Crippen LogP contribution in [0, 0.1) is 0 Å². The van der Waals surface area contributed by atoms with Crippen LogP contribution in [0.25, 0.3) is 39.7 Å². The lowest BCUT2D eigenvalue weighted by atomic mass is 9.92. The van der Waals surface area contributed by atoms with E-state index in [1.165, 1.54) is 16.8 Å². The maximum Gasteiger partial charge on any atom is 0.144 e. The van der Waals surface area contributed by atoms with Gasteiger partial charge in [0.15, 0.2) is 0 Å². The summed E-state index contributed by atoms with van der Waals surface area (Å²) in [5.41, 5.74) is 7.11. The van der Waals surface area contributed by atoms with Crippen LogP contribution in [-0.4, -0.2) is 9.55 Å². The molecule has 0 aliphatic heterocycles. The first-order valence-corrected chi connectivity index (χ1v) is 11.6. The number of benzene rings is 3. The fourth-order valence-corrected chi connectivity index (χ4v) is 4.40. The van der Waals surface area contributed by atoms with Crippen LogP contribution < -0.4 is 0 Å². The maximum absolute atomic E-state index is 6.29. The number of rotatable bonds is 6.